The lowest BCUT2D eigenvalue weighted by atomic mass is 10.1. The number of alkyl halides is 3. The Morgan fingerprint density at radius 1 is 1.19 bits per heavy atom. The molecule has 0 spiro atoms. The zero-order valence-electron chi connectivity index (χ0n) is 18.5. The first-order valence-electron chi connectivity index (χ1n) is 10.4. The van der Waals surface area contributed by atoms with Crippen LogP contribution in [-0.4, -0.2) is 58.5 Å². The van der Waals surface area contributed by atoms with E-state index in [1.165, 1.54) is 11.0 Å². The zero-order valence-corrected chi connectivity index (χ0v) is 18.5. The van der Waals surface area contributed by atoms with Crippen molar-refractivity contribution in [3.63, 3.8) is 0 Å². The molecule has 1 aliphatic rings. The summed E-state index contributed by atoms with van der Waals surface area (Å²) >= 11 is 0. The molecule has 7 nitrogen and oxygen atoms in total. The first-order chi connectivity index (χ1) is 15.2. The highest BCUT2D eigenvalue weighted by Crippen LogP contribution is 2.35. The van der Waals surface area contributed by atoms with Crippen molar-refractivity contribution in [2.24, 2.45) is 0 Å². The second-order valence-corrected chi connectivity index (χ2v) is 7.45. The summed E-state index contributed by atoms with van der Waals surface area (Å²) in [7, 11) is 0. The average molecular weight is 454 g/mol. The fraction of sp³-hybridized carbons (Fsp3) is 0.500. The fourth-order valence-electron chi connectivity index (χ4n) is 3.02. The highest BCUT2D eigenvalue weighted by molar-refractivity contribution is 5.59. The van der Waals surface area contributed by atoms with Crippen molar-refractivity contribution in [3.8, 4) is 17.1 Å². The van der Waals surface area contributed by atoms with Crippen LogP contribution in [0.15, 0.2) is 30.6 Å². The van der Waals surface area contributed by atoms with Crippen LogP contribution >= 0.6 is 0 Å². The number of halogens is 3. The van der Waals surface area contributed by atoms with Gasteiger partial charge in [-0.15, -0.1) is 5.10 Å². The average Bonchev–Trinajstić information content (AvgIpc) is 3.40. The highest BCUT2D eigenvalue weighted by Gasteiger charge is 2.32. The van der Waals surface area contributed by atoms with E-state index in [9.17, 15) is 18.0 Å². The molecular weight excluding hydrogens is 425 g/mol. The maximum atomic E-state index is 13.2. The van der Waals surface area contributed by atoms with Gasteiger partial charge in [0.1, 0.15) is 18.7 Å². The Hall–Kier alpha value is -2.88. The second kappa shape index (κ2) is 12.2. The van der Waals surface area contributed by atoms with E-state index in [4.69, 9.17) is 4.74 Å². The predicted molar refractivity (Wildman–Crippen MR) is 115 cm³/mol. The number of hydrogen-bond acceptors (Lipinski definition) is 6. The van der Waals surface area contributed by atoms with Gasteiger partial charge in [0.2, 0.25) is 0 Å². The van der Waals surface area contributed by atoms with Crippen LogP contribution in [-0.2, 0) is 15.7 Å². The number of benzene rings is 1. The Labute approximate surface area is 185 Å². The van der Waals surface area contributed by atoms with Crippen molar-refractivity contribution in [2.45, 2.75) is 45.9 Å². The molecule has 2 heterocycles. The van der Waals surface area contributed by atoms with Crippen LogP contribution in [0.2, 0.25) is 0 Å². The first kappa shape index (κ1) is 25.4. The number of likely N-dealkylation sites (tertiary alicyclic amines) is 1. The Morgan fingerprint density at radius 2 is 1.91 bits per heavy atom. The summed E-state index contributed by atoms with van der Waals surface area (Å²) in [6, 6.07) is 3.62. The number of rotatable bonds is 8. The van der Waals surface area contributed by atoms with Gasteiger partial charge < -0.3 is 9.47 Å². The lowest BCUT2D eigenvalue weighted by Gasteiger charge is -2.16. The molecule has 0 unspecified atom stereocenters. The van der Waals surface area contributed by atoms with Gasteiger partial charge in [0.05, 0.1) is 11.7 Å². The van der Waals surface area contributed by atoms with Gasteiger partial charge in [0.15, 0.2) is 5.82 Å². The third-order valence-corrected chi connectivity index (χ3v) is 4.51. The number of carbonyl (C=O) groups is 1. The predicted octanol–water partition coefficient (Wildman–Crippen LogP) is 4.50. The monoisotopic (exact) mass is 454 g/mol. The minimum atomic E-state index is -4.46. The van der Waals surface area contributed by atoms with Crippen molar-refractivity contribution < 1.29 is 27.4 Å². The number of carbonyl (C=O) groups excluding carboxylic acids is 1. The lowest BCUT2D eigenvalue weighted by Crippen LogP contribution is -2.25. The minimum absolute atomic E-state index is 0.0301. The standard InChI is InChI=1S/C18H21F3N4O.C4H8O2/c1-2-5-25-13-22-17(23-25)14-10-15(18(19,20)21)12-16(11-14)26-9-8-24-6-3-4-7-24;1-4(2)6-3-5/h2,5,10-13H,3-4,6-9H2,1H3;3-4H,1-2H3/b5-2-;. The van der Waals surface area contributed by atoms with Gasteiger partial charge in [-0.3, -0.25) is 9.69 Å². The molecule has 1 aliphatic heterocycles. The summed E-state index contributed by atoms with van der Waals surface area (Å²) in [6.07, 6.45) is 2.76. The maximum Gasteiger partial charge on any atom is 0.416 e. The molecule has 1 fully saturated rings. The third kappa shape index (κ3) is 8.33. The van der Waals surface area contributed by atoms with Crippen molar-refractivity contribution in [2.75, 3.05) is 26.2 Å². The summed E-state index contributed by atoms with van der Waals surface area (Å²) in [5.74, 6) is 0.398. The first-order valence-corrected chi connectivity index (χ1v) is 10.4. The van der Waals surface area contributed by atoms with Crippen LogP contribution < -0.4 is 4.74 Å². The smallest absolute Gasteiger partial charge is 0.416 e. The molecule has 1 aromatic carbocycles. The van der Waals surface area contributed by atoms with E-state index in [-0.39, 0.29) is 23.2 Å². The molecule has 32 heavy (non-hydrogen) atoms. The molecule has 176 valence electrons. The molecule has 0 atom stereocenters. The zero-order chi connectivity index (χ0) is 23.6. The number of allylic oxidation sites excluding steroid dienone is 1. The van der Waals surface area contributed by atoms with Crippen molar-refractivity contribution in [1.82, 2.24) is 19.7 Å². The lowest BCUT2D eigenvalue weighted by molar-refractivity contribution is -0.137. The van der Waals surface area contributed by atoms with Crippen molar-refractivity contribution in [1.29, 1.82) is 0 Å². The quantitative estimate of drug-likeness (QED) is 0.547. The van der Waals surface area contributed by atoms with E-state index in [1.807, 2.05) is 6.92 Å². The molecule has 0 N–H and O–H groups in total. The topological polar surface area (TPSA) is 69.5 Å². The maximum absolute atomic E-state index is 13.2. The number of hydrogen-bond donors (Lipinski definition) is 0. The normalized spacial score (nSPS) is 14.5. The third-order valence-electron chi connectivity index (χ3n) is 4.51. The summed E-state index contributed by atoms with van der Waals surface area (Å²) in [5, 5.41) is 4.17. The van der Waals surface area contributed by atoms with Crippen LogP contribution in [0.25, 0.3) is 17.6 Å². The SMILES string of the molecule is C/C=C\n1cnc(-c2cc(OCCN3CCCC3)cc(C(F)(F)F)c2)n1.CC(C)OC=O. The molecule has 0 radical (unpaired) electrons. The van der Waals surface area contributed by atoms with Gasteiger partial charge in [-0.2, -0.15) is 13.2 Å². The van der Waals surface area contributed by atoms with Crippen molar-refractivity contribution >= 4 is 12.7 Å². The molecule has 0 saturated carbocycles. The van der Waals surface area contributed by atoms with Gasteiger partial charge in [-0.25, -0.2) is 9.67 Å². The van der Waals surface area contributed by atoms with E-state index < -0.39 is 11.7 Å². The molecular formula is C22H29F3N4O3. The highest BCUT2D eigenvalue weighted by atomic mass is 19.4. The van der Waals surface area contributed by atoms with Crippen LogP contribution in [0.5, 0.6) is 5.75 Å². The summed E-state index contributed by atoms with van der Waals surface area (Å²) < 4.78 is 51.1. The molecule has 10 heteroatoms. The Balaban J connectivity index is 0.000000534. The van der Waals surface area contributed by atoms with E-state index in [0.29, 0.717) is 19.6 Å². The fourth-order valence-corrected chi connectivity index (χ4v) is 3.02. The summed E-state index contributed by atoms with van der Waals surface area (Å²) in [5.41, 5.74) is -0.493. The van der Waals surface area contributed by atoms with E-state index >= 15 is 0 Å². The molecule has 1 saturated heterocycles. The molecule has 3 rings (SSSR count). The molecule has 1 aromatic heterocycles. The molecule has 0 amide bonds. The molecule has 0 bridgehead atoms. The van der Waals surface area contributed by atoms with E-state index in [1.54, 1.807) is 32.2 Å². The minimum Gasteiger partial charge on any atom is -0.492 e. The van der Waals surface area contributed by atoms with Gasteiger partial charge in [-0.1, -0.05) is 6.08 Å². The van der Waals surface area contributed by atoms with Gasteiger partial charge in [-0.05, 0) is 64.9 Å². The van der Waals surface area contributed by atoms with Crippen LogP contribution in [0, 0.1) is 0 Å². The Kier molecular flexibility index (Phi) is 9.70. The van der Waals surface area contributed by atoms with E-state index in [0.717, 1.165) is 38.1 Å². The molecule has 0 aliphatic carbocycles. The Bertz CT molecular complexity index is 876. The van der Waals surface area contributed by atoms with Gasteiger partial charge >= 0.3 is 6.18 Å². The number of aromatic nitrogens is 3. The van der Waals surface area contributed by atoms with Gasteiger partial charge in [0, 0.05) is 18.3 Å². The largest absolute Gasteiger partial charge is 0.492 e. The van der Waals surface area contributed by atoms with Crippen LogP contribution in [0.3, 0.4) is 0 Å². The van der Waals surface area contributed by atoms with Crippen molar-refractivity contribution in [3.05, 3.63) is 36.2 Å². The summed E-state index contributed by atoms with van der Waals surface area (Å²) in [6.45, 7) is 8.96. The second-order valence-electron chi connectivity index (χ2n) is 7.45. The Morgan fingerprint density at radius 3 is 2.47 bits per heavy atom. The van der Waals surface area contributed by atoms with Crippen LogP contribution in [0.4, 0.5) is 13.2 Å². The molecule has 2 aromatic rings. The summed E-state index contributed by atoms with van der Waals surface area (Å²) in [4.78, 5) is 15.7. The number of ether oxygens (including phenoxy) is 2. The van der Waals surface area contributed by atoms with Crippen LogP contribution in [0.1, 0.15) is 39.2 Å². The van der Waals surface area contributed by atoms with Gasteiger partial charge in [0.25, 0.3) is 6.47 Å². The van der Waals surface area contributed by atoms with E-state index in [2.05, 4.69) is 19.7 Å². The number of nitrogens with zero attached hydrogens (tertiary/aromatic N) is 4.